The molecule has 0 aliphatic carbocycles. The number of carbonyl (C=O) groups is 1. The first-order valence-electron chi connectivity index (χ1n) is 6.31. The Labute approximate surface area is 135 Å². The van der Waals surface area contributed by atoms with Crippen molar-refractivity contribution in [1.29, 1.82) is 0 Å². The van der Waals surface area contributed by atoms with Crippen molar-refractivity contribution in [3.05, 3.63) is 50.3 Å². The minimum atomic E-state index is -0.794. The van der Waals surface area contributed by atoms with Crippen LogP contribution in [0.5, 0.6) is 5.75 Å². The number of halogens is 1. The van der Waals surface area contributed by atoms with Gasteiger partial charge in [0, 0.05) is 17.6 Å². The van der Waals surface area contributed by atoms with Crippen molar-refractivity contribution in [1.82, 2.24) is 15.2 Å². The van der Waals surface area contributed by atoms with E-state index in [9.17, 15) is 20.0 Å². The Bertz CT molecular complexity index is 815. The van der Waals surface area contributed by atoms with Gasteiger partial charge in [-0.15, -0.1) is 0 Å². The summed E-state index contributed by atoms with van der Waals surface area (Å²) in [6.45, 7) is 1.43. The van der Waals surface area contributed by atoms with E-state index < -0.39 is 10.8 Å². The fourth-order valence-electron chi connectivity index (χ4n) is 1.96. The molecule has 0 bridgehead atoms. The molecule has 0 atom stereocenters. The summed E-state index contributed by atoms with van der Waals surface area (Å²) in [5.41, 5.74) is 1.96. The minimum absolute atomic E-state index is 0.0743. The van der Waals surface area contributed by atoms with Gasteiger partial charge in [-0.3, -0.25) is 19.6 Å². The zero-order valence-corrected chi connectivity index (χ0v) is 12.9. The van der Waals surface area contributed by atoms with Crippen molar-refractivity contribution in [3.8, 4) is 5.75 Å². The number of aromatic hydroxyl groups is 1. The van der Waals surface area contributed by atoms with Crippen molar-refractivity contribution in [3.63, 3.8) is 0 Å². The van der Waals surface area contributed by atoms with Crippen molar-refractivity contribution >= 4 is 29.4 Å². The Morgan fingerprint density at radius 1 is 1.57 bits per heavy atom. The fourth-order valence-corrected chi connectivity index (χ4v) is 2.14. The van der Waals surface area contributed by atoms with Gasteiger partial charge in [0.05, 0.1) is 11.1 Å². The average molecular weight is 338 g/mol. The quantitative estimate of drug-likeness (QED) is 0.500. The van der Waals surface area contributed by atoms with E-state index in [1.165, 1.54) is 38.4 Å². The summed E-state index contributed by atoms with van der Waals surface area (Å²) < 4.78 is 1.11. The number of aromatic nitrogens is 2. The highest BCUT2D eigenvalue weighted by Crippen LogP contribution is 2.22. The highest BCUT2D eigenvalue weighted by atomic mass is 35.5. The van der Waals surface area contributed by atoms with Crippen molar-refractivity contribution < 1.29 is 14.8 Å². The number of nitro groups is 1. The number of benzene rings is 1. The van der Waals surface area contributed by atoms with Gasteiger partial charge in [0.25, 0.3) is 5.91 Å². The van der Waals surface area contributed by atoms with Crippen molar-refractivity contribution in [2.45, 2.75) is 6.92 Å². The molecule has 0 aliphatic heterocycles. The number of hydrazone groups is 1. The van der Waals surface area contributed by atoms with Gasteiger partial charge in [-0.2, -0.15) is 10.2 Å². The molecule has 0 unspecified atom stereocenters. The molecule has 2 rings (SSSR count). The van der Waals surface area contributed by atoms with Gasteiger partial charge in [0.15, 0.2) is 0 Å². The summed E-state index contributed by atoms with van der Waals surface area (Å²) in [6.07, 6.45) is 1.17. The van der Waals surface area contributed by atoms with Gasteiger partial charge in [0.2, 0.25) is 5.69 Å². The van der Waals surface area contributed by atoms with Crippen LogP contribution in [0.1, 0.15) is 21.7 Å². The third kappa shape index (κ3) is 3.46. The molecule has 0 fully saturated rings. The zero-order chi connectivity index (χ0) is 17.1. The van der Waals surface area contributed by atoms with E-state index in [0.717, 1.165) is 4.68 Å². The van der Waals surface area contributed by atoms with E-state index in [2.05, 4.69) is 15.6 Å². The molecular formula is C13H12ClN5O4. The lowest BCUT2D eigenvalue weighted by atomic mass is 10.2. The Morgan fingerprint density at radius 3 is 2.91 bits per heavy atom. The number of carbonyl (C=O) groups excluding carboxylic acids is 1. The first kappa shape index (κ1) is 16.4. The minimum Gasteiger partial charge on any atom is -0.507 e. The fraction of sp³-hybridized carbons (Fsp3) is 0.154. The third-order valence-corrected chi connectivity index (χ3v) is 3.18. The van der Waals surface area contributed by atoms with Crippen LogP contribution in [0, 0.1) is 17.0 Å². The number of hydrogen-bond acceptors (Lipinski definition) is 6. The SMILES string of the molecule is Cc1nn(C)c(C(=O)N/N=C/c2cc(Cl)ccc2O)c1[N+](=O)[O-]. The maximum Gasteiger partial charge on any atom is 0.322 e. The molecular weight excluding hydrogens is 326 g/mol. The van der Waals surface area contributed by atoms with Crippen LogP contribution >= 0.6 is 11.6 Å². The van der Waals surface area contributed by atoms with Crippen LogP contribution in [0.15, 0.2) is 23.3 Å². The summed E-state index contributed by atoms with van der Waals surface area (Å²) in [5.74, 6) is -0.868. The Balaban J connectivity index is 2.22. The Kier molecular flexibility index (Phi) is 4.60. The van der Waals surface area contributed by atoms with Gasteiger partial charge in [-0.1, -0.05) is 11.6 Å². The molecule has 0 radical (unpaired) electrons. The standard InChI is InChI=1S/C13H12ClN5O4/c1-7-11(19(22)23)12(18(2)17-7)13(21)16-15-6-8-5-9(14)3-4-10(8)20/h3-6,20H,1-2H3,(H,16,21)/b15-6+. The smallest absolute Gasteiger partial charge is 0.322 e. The van der Waals surface area contributed by atoms with E-state index in [1.54, 1.807) is 0 Å². The van der Waals surface area contributed by atoms with E-state index >= 15 is 0 Å². The van der Waals surface area contributed by atoms with Crippen LogP contribution in [-0.4, -0.2) is 31.9 Å². The zero-order valence-electron chi connectivity index (χ0n) is 12.1. The second kappa shape index (κ2) is 6.44. The van der Waals surface area contributed by atoms with E-state index in [0.29, 0.717) is 5.02 Å². The lowest BCUT2D eigenvalue weighted by Gasteiger charge is -2.01. The molecule has 2 aromatic rings. The summed E-state index contributed by atoms with van der Waals surface area (Å²) in [7, 11) is 1.42. The molecule has 23 heavy (non-hydrogen) atoms. The number of phenolic OH excluding ortho intramolecular Hbond substituents is 1. The summed E-state index contributed by atoms with van der Waals surface area (Å²) in [4.78, 5) is 22.4. The third-order valence-electron chi connectivity index (χ3n) is 2.95. The van der Waals surface area contributed by atoms with Gasteiger partial charge >= 0.3 is 5.69 Å². The molecule has 1 aromatic carbocycles. The van der Waals surface area contributed by atoms with Crippen molar-refractivity contribution in [2.75, 3.05) is 0 Å². The predicted molar refractivity (Wildman–Crippen MR) is 82.8 cm³/mol. The second-order valence-corrected chi connectivity index (χ2v) is 5.00. The topological polar surface area (TPSA) is 123 Å². The maximum atomic E-state index is 12.1. The maximum absolute atomic E-state index is 12.1. The molecule has 120 valence electrons. The number of amides is 1. The van der Waals surface area contributed by atoms with Gasteiger partial charge in [-0.25, -0.2) is 5.43 Å². The lowest BCUT2D eigenvalue weighted by Crippen LogP contribution is -2.22. The Morgan fingerprint density at radius 2 is 2.26 bits per heavy atom. The number of rotatable bonds is 4. The second-order valence-electron chi connectivity index (χ2n) is 4.57. The number of phenols is 1. The lowest BCUT2D eigenvalue weighted by molar-refractivity contribution is -0.385. The van der Waals surface area contributed by atoms with Crippen LogP contribution in [0.25, 0.3) is 0 Å². The molecule has 1 aromatic heterocycles. The van der Waals surface area contributed by atoms with E-state index in [1.807, 2.05) is 0 Å². The number of aryl methyl sites for hydroxylation is 2. The molecule has 2 N–H and O–H groups in total. The Hall–Kier alpha value is -2.94. The van der Waals surface area contributed by atoms with Crippen LogP contribution in [-0.2, 0) is 7.05 Å². The summed E-state index contributed by atoms with van der Waals surface area (Å²) in [6, 6.07) is 4.32. The van der Waals surface area contributed by atoms with E-state index in [-0.39, 0.29) is 28.4 Å². The molecule has 0 saturated carbocycles. The first-order chi connectivity index (χ1) is 10.8. The van der Waals surface area contributed by atoms with Crippen LogP contribution in [0.4, 0.5) is 5.69 Å². The van der Waals surface area contributed by atoms with Crippen molar-refractivity contribution in [2.24, 2.45) is 12.1 Å². The highest BCUT2D eigenvalue weighted by molar-refractivity contribution is 6.30. The van der Waals surface area contributed by atoms with Crippen LogP contribution in [0.2, 0.25) is 5.02 Å². The number of nitrogens with one attached hydrogen (secondary N) is 1. The van der Waals surface area contributed by atoms with E-state index in [4.69, 9.17) is 11.6 Å². The molecule has 0 saturated heterocycles. The highest BCUT2D eigenvalue weighted by Gasteiger charge is 2.29. The van der Waals surface area contributed by atoms with Gasteiger partial charge in [-0.05, 0) is 25.1 Å². The monoisotopic (exact) mass is 337 g/mol. The molecule has 1 heterocycles. The van der Waals surface area contributed by atoms with Crippen LogP contribution in [0.3, 0.4) is 0 Å². The molecule has 1 amide bonds. The van der Waals surface area contributed by atoms with Gasteiger partial charge < -0.3 is 5.11 Å². The molecule has 10 heteroatoms. The predicted octanol–water partition coefficient (Wildman–Crippen LogP) is 1.76. The molecule has 0 aliphatic rings. The largest absolute Gasteiger partial charge is 0.507 e. The molecule has 9 nitrogen and oxygen atoms in total. The number of nitrogens with zero attached hydrogens (tertiary/aromatic N) is 4. The normalized spacial score (nSPS) is 10.9. The summed E-state index contributed by atoms with van der Waals surface area (Å²) >= 11 is 5.79. The summed E-state index contributed by atoms with van der Waals surface area (Å²) in [5, 5.41) is 28.5. The number of hydrogen-bond donors (Lipinski definition) is 2. The van der Waals surface area contributed by atoms with Crippen LogP contribution < -0.4 is 5.43 Å². The first-order valence-corrected chi connectivity index (χ1v) is 6.69. The van der Waals surface area contributed by atoms with Gasteiger partial charge in [0.1, 0.15) is 11.4 Å². The molecule has 0 spiro atoms. The average Bonchev–Trinajstić information content (AvgIpc) is 2.77.